The summed E-state index contributed by atoms with van der Waals surface area (Å²) in [5.41, 5.74) is 2.52. The van der Waals surface area contributed by atoms with Gasteiger partial charge in [-0.1, -0.05) is 49.1 Å². The van der Waals surface area contributed by atoms with E-state index in [0.717, 1.165) is 0 Å². The number of fused-ring (bicyclic) bond motifs is 1. The molecule has 0 atom stereocenters. The molecule has 0 saturated carbocycles. The van der Waals surface area contributed by atoms with E-state index < -0.39 is 0 Å². The number of allylic oxidation sites excluding steroid dienone is 2. The van der Waals surface area contributed by atoms with E-state index in [4.69, 9.17) is 0 Å². The lowest BCUT2D eigenvalue weighted by Gasteiger charge is -1.94. The molecule has 0 bridgehead atoms. The number of hydrogen-bond donors (Lipinski definition) is 0. The summed E-state index contributed by atoms with van der Waals surface area (Å²) in [6.45, 7) is 5.88. The molecule has 0 N–H and O–H groups in total. The van der Waals surface area contributed by atoms with Gasteiger partial charge in [-0.3, -0.25) is 0 Å². The first-order valence-electron chi connectivity index (χ1n) is 4.47. The van der Waals surface area contributed by atoms with Crippen LogP contribution in [0.4, 0.5) is 0 Å². The molecule has 2 rings (SSSR count). The van der Waals surface area contributed by atoms with Crippen molar-refractivity contribution in [1.29, 1.82) is 0 Å². The summed E-state index contributed by atoms with van der Waals surface area (Å²) < 4.78 is 0. The van der Waals surface area contributed by atoms with Gasteiger partial charge >= 0.3 is 0 Å². The molecule has 0 spiro atoms. The van der Waals surface area contributed by atoms with E-state index in [1.165, 1.54) is 21.6 Å². The van der Waals surface area contributed by atoms with E-state index in [2.05, 4.69) is 49.9 Å². The lowest BCUT2D eigenvalue weighted by atomic mass is 10.1. The van der Waals surface area contributed by atoms with E-state index in [1.54, 1.807) is 0 Å². The molecule has 0 radical (unpaired) electrons. The van der Waals surface area contributed by atoms with Gasteiger partial charge in [0.1, 0.15) is 0 Å². The van der Waals surface area contributed by atoms with Crippen LogP contribution in [0.3, 0.4) is 0 Å². The van der Waals surface area contributed by atoms with Gasteiger partial charge in [-0.15, -0.1) is 0 Å². The van der Waals surface area contributed by atoms with Gasteiger partial charge in [-0.05, 0) is 28.5 Å². The summed E-state index contributed by atoms with van der Waals surface area (Å²) in [5.74, 6) is 0. The second kappa shape index (κ2) is 3.06. The zero-order valence-corrected chi connectivity index (χ0v) is 7.75. The zero-order chi connectivity index (χ0) is 9.26. The fraction of sp³-hybridized carbons (Fsp3) is 0.0769. The molecule has 13 heavy (non-hydrogen) atoms. The second-order valence-electron chi connectivity index (χ2n) is 3.09. The summed E-state index contributed by atoms with van der Waals surface area (Å²) in [6.07, 6.45) is 8.30. The van der Waals surface area contributed by atoms with Gasteiger partial charge in [-0.25, -0.2) is 0 Å². The molecule has 0 heteroatoms. The minimum absolute atomic E-state index is 1.23. The molecule has 0 nitrogen and oxygen atoms in total. The number of rotatable bonds is 1. The fourth-order valence-corrected chi connectivity index (χ4v) is 1.73. The molecular formula is C13H12. The average molecular weight is 168 g/mol. The quantitative estimate of drug-likeness (QED) is 0.600. The minimum atomic E-state index is 1.23. The van der Waals surface area contributed by atoms with Crippen LogP contribution in [-0.2, 0) is 0 Å². The fourth-order valence-electron chi connectivity index (χ4n) is 1.73. The van der Waals surface area contributed by atoms with Crippen molar-refractivity contribution in [2.24, 2.45) is 0 Å². The van der Waals surface area contributed by atoms with Crippen LogP contribution in [-0.4, -0.2) is 0 Å². The molecular weight excluding hydrogens is 156 g/mol. The summed E-state index contributed by atoms with van der Waals surface area (Å²) in [6, 6.07) is 6.36. The highest BCUT2D eigenvalue weighted by Crippen LogP contribution is 2.08. The third-order valence-corrected chi connectivity index (χ3v) is 2.39. The summed E-state index contributed by atoms with van der Waals surface area (Å²) in [4.78, 5) is 0. The first-order chi connectivity index (χ1) is 6.36. The maximum Gasteiger partial charge on any atom is -0.00424 e. The lowest BCUT2D eigenvalue weighted by molar-refractivity contribution is 1.48. The predicted octanol–water partition coefficient (Wildman–Crippen LogP) is 1.85. The van der Waals surface area contributed by atoms with Crippen LogP contribution in [0.5, 0.6) is 0 Å². The minimum Gasteiger partial charge on any atom is -0.0984 e. The van der Waals surface area contributed by atoms with Crippen molar-refractivity contribution in [3.63, 3.8) is 0 Å². The summed E-state index contributed by atoms with van der Waals surface area (Å²) >= 11 is 0. The molecule has 1 aromatic rings. The Morgan fingerprint density at radius 3 is 2.77 bits per heavy atom. The summed E-state index contributed by atoms with van der Waals surface area (Å²) in [5, 5.41) is 2.61. The molecule has 0 saturated heterocycles. The Morgan fingerprint density at radius 2 is 2.08 bits per heavy atom. The van der Waals surface area contributed by atoms with Crippen LogP contribution in [0.15, 0.2) is 36.9 Å². The second-order valence-corrected chi connectivity index (χ2v) is 3.09. The first kappa shape index (κ1) is 8.06. The van der Waals surface area contributed by atoms with Gasteiger partial charge in [-0.2, -0.15) is 0 Å². The highest BCUT2D eigenvalue weighted by Gasteiger charge is 2.02. The Labute approximate surface area is 78.2 Å². The van der Waals surface area contributed by atoms with E-state index in [0.29, 0.717) is 0 Å². The predicted molar refractivity (Wildman–Crippen MR) is 58.5 cm³/mol. The van der Waals surface area contributed by atoms with Gasteiger partial charge in [0.25, 0.3) is 0 Å². The third-order valence-electron chi connectivity index (χ3n) is 2.39. The Kier molecular flexibility index (Phi) is 1.90. The third kappa shape index (κ3) is 1.15. The molecule has 0 heterocycles. The monoisotopic (exact) mass is 168 g/mol. The number of hydrogen-bond acceptors (Lipinski definition) is 0. The van der Waals surface area contributed by atoms with Crippen molar-refractivity contribution in [2.45, 2.75) is 6.92 Å². The van der Waals surface area contributed by atoms with Crippen LogP contribution in [0.2, 0.25) is 0 Å². The molecule has 1 aromatic carbocycles. The van der Waals surface area contributed by atoms with Crippen LogP contribution in [0.1, 0.15) is 12.5 Å². The van der Waals surface area contributed by atoms with Gasteiger partial charge < -0.3 is 0 Å². The molecule has 0 aliphatic heterocycles. The number of benzene rings is 1. The largest absolute Gasteiger partial charge is 0.0984 e. The first-order valence-corrected chi connectivity index (χ1v) is 4.47. The Morgan fingerprint density at radius 1 is 1.23 bits per heavy atom. The van der Waals surface area contributed by atoms with Gasteiger partial charge in [0.2, 0.25) is 0 Å². The average Bonchev–Trinajstić information content (AvgIpc) is 2.60. The molecule has 0 unspecified atom stereocenters. The van der Waals surface area contributed by atoms with Crippen molar-refractivity contribution >= 4 is 17.7 Å². The van der Waals surface area contributed by atoms with Crippen molar-refractivity contribution in [1.82, 2.24) is 0 Å². The molecule has 0 amide bonds. The smallest absolute Gasteiger partial charge is 0.00424 e. The van der Waals surface area contributed by atoms with Crippen molar-refractivity contribution in [3.05, 3.63) is 52.9 Å². The standard InChI is InChI=1S/C13H12/c1-3-10-6-5-7-12-9-8-11(4-2)13(10)12/h3-9H,2H2,1H3/b10-3-. The van der Waals surface area contributed by atoms with Crippen LogP contribution in [0, 0.1) is 0 Å². The van der Waals surface area contributed by atoms with Gasteiger partial charge in [0, 0.05) is 0 Å². The topological polar surface area (TPSA) is 0 Å². The van der Waals surface area contributed by atoms with Gasteiger partial charge in [0.05, 0.1) is 0 Å². The molecule has 0 fully saturated rings. The maximum atomic E-state index is 3.81. The highest BCUT2D eigenvalue weighted by molar-refractivity contribution is 5.80. The molecule has 1 aliphatic carbocycles. The Bertz CT molecular complexity index is 487. The Hall–Kier alpha value is -1.56. The maximum absolute atomic E-state index is 3.81. The molecule has 0 aromatic heterocycles. The van der Waals surface area contributed by atoms with E-state index in [9.17, 15) is 0 Å². The van der Waals surface area contributed by atoms with Crippen LogP contribution < -0.4 is 10.4 Å². The molecule has 64 valence electrons. The van der Waals surface area contributed by atoms with Crippen molar-refractivity contribution in [2.75, 3.05) is 0 Å². The molecule has 1 aliphatic rings. The zero-order valence-electron chi connectivity index (χ0n) is 7.75. The van der Waals surface area contributed by atoms with Crippen LogP contribution in [0.25, 0.3) is 17.7 Å². The van der Waals surface area contributed by atoms with Gasteiger partial charge in [0.15, 0.2) is 0 Å². The van der Waals surface area contributed by atoms with Crippen molar-refractivity contribution in [3.8, 4) is 0 Å². The summed E-state index contributed by atoms with van der Waals surface area (Å²) in [7, 11) is 0. The highest BCUT2D eigenvalue weighted by atomic mass is 14.1. The Balaban J connectivity index is 2.98. The van der Waals surface area contributed by atoms with Crippen molar-refractivity contribution < 1.29 is 0 Å². The van der Waals surface area contributed by atoms with E-state index in [-0.39, 0.29) is 0 Å². The normalized spacial score (nSPS) is 14.8. The van der Waals surface area contributed by atoms with E-state index in [1.807, 2.05) is 6.08 Å². The lowest BCUT2D eigenvalue weighted by Crippen LogP contribution is -2.26. The SMILES string of the molecule is C=CC1=c2c(ccc/c2=C/C)C=C1. The van der Waals surface area contributed by atoms with Crippen LogP contribution >= 0.6 is 0 Å². The van der Waals surface area contributed by atoms with E-state index >= 15 is 0 Å².